The van der Waals surface area contributed by atoms with E-state index in [0.29, 0.717) is 49.4 Å². The predicted octanol–water partition coefficient (Wildman–Crippen LogP) is 3.72. The molecule has 1 unspecified atom stereocenters. The Morgan fingerprint density at radius 1 is 1.28 bits per heavy atom. The molecule has 29 heavy (non-hydrogen) atoms. The number of ketones is 1. The normalized spacial score (nSPS) is 21.4. The summed E-state index contributed by atoms with van der Waals surface area (Å²) >= 11 is 0. The zero-order valence-corrected chi connectivity index (χ0v) is 17.1. The number of aromatic nitrogens is 2. The van der Waals surface area contributed by atoms with E-state index in [9.17, 15) is 9.59 Å². The molecule has 0 bridgehead atoms. The molecule has 1 amide bonds. The Balaban J connectivity index is 1.54. The molecule has 1 saturated heterocycles. The molecule has 4 rings (SSSR count). The van der Waals surface area contributed by atoms with Gasteiger partial charge in [0.2, 0.25) is 0 Å². The van der Waals surface area contributed by atoms with Gasteiger partial charge in [-0.2, -0.15) is 5.10 Å². The Morgan fingerprint density at radius 3 is 2.86 bits per heavy atom. The van der Waals surface area contributed by atoms with E-state index in [4.69, 9.17) is 4.74 Å². The van der Waals surface area contributed by atoms with Crippen molar-refractivity contribution in [2.24, 2.45) is 0 Å². The van der Waals surface area contributed by atoms with Gasteiger partial charge in [-0.25, -0.2) is 0 Å². The number of para-hydroxylation sites is 1. The van der Waals surface area contributed by atoms with E-state index in [1.54, 1.807) is 6.08 Å². The number of Topliss-reactive ketones (excluding diaryl/α,β-unsaturated/α-hetero) is 1. The van der Waals surface area contributed by atoms with Crippen molar-refractivity contribution in [3.63, 3.8) is 0 Å². The first-order valence-corrected chi connectivity index (χ1v) is 10.2. The zero-order valence-electron chi connectivity index (χ0n) is 17.1. The van der Waals surface area contributed by atoms with Crippen LogP contribution in [0, 0.1) is 13.8 Å². The number of carbonyl (C=O) groups excluding carboxylic acids is 2. The van der Waals surface area contributed by atoms with Crippen LogP contribution >= 0.6 is 0 Å². The van der Waals surface area contributed by atoms with Crippen LogP contribution in [0.3, 0.4) is 0 Å². The third kappa shape index (κ3) is 3.48. The molecule has 6 nitrogen and oxygen atoms in total. The lowest BCUT2D eigenvalue weighted by molar-refractivity contribution is 0.0300. The van der Waals surface area contributed by atoms with Gasteiger partial charge in [-0.1, -0.05) is 18.2 Å². The van der Waals surface area contributed by atoms with Crippen LogP contribution in [-0.2, 0) is 6.54 Å². The van der Waals surface area contributed by atoms with Gasteiger partial charge in [-0.05, 0) is 38.8 Å². The van der Waals surface area contributed by atoms with Crippen molar-refractivity contribution < 1.29 is 14.3 Å². The number of allylic oxidation sites excluding steroid dienone is 1. The number of fused-ring (bicyclic) bond motifs is 1. The summed E-state index contributed by atoms with van der Waals surface area (Å²) in [7, 11) is 0. The quantitative estimate of drug-likeness (QED) is 0.746. The number of rotatable bonds is 3. The predicted molar refractivity (Wildman–Crippen MR) is 110 cm³/mol. The Hall–Kier alpha value is -2.89. The fourth-order valence-electron chi connectivity index (χ4n) is 4.56. The largest absolute Gasteiger partial charge is 0.486 e. The van der Waals surface area contributed by atoms with Crippen LogP contribution < -0.4 is 4.74 Å². The molecule has 1 atom stereocenters. The van der Waals surface area contributed by atoms with Crippen LogP contribution in [0.5, 0.6) is 5.75 Å². The van der Waals surface area contributed by atoms with Gasteiger partial charge in [0.05, 0.1) is 29.8 Å². The van der Waals surface area contributed by atoms with Gasteiger partial charge in [0.15, 0.2) is 5.78 Å². The standard InChI is InChI=1S/C23H27N3O3/c1-4-12-26-17(3)21(16(2)24-26)22(28)25-13-7-10-23(11-14-25)15-19(27)18-8-5-6-9-20(18)29-23/h4-6,8-9H,1,7,10-15H2,2-3H3. The highest BCUT2D eigenvalue weighted by Crippen LogP contribution is 2.39. The summed E-state index contributed by atoms with van der Waals surface area (Å²) in [6.45, 7) is 9.37. The second-order valence-corrected chi connectivity index (χ2v) is 8.04. The zero-order chi connectivity index (χ0) is 20.6. The van der Waals surface area contributed by atoms with Gasteiger partial charge in [0.1, 0.15) is 11.4 Å². The summed E-state index contributed by atoms with van der Waals surface area (Å²) in [5.41, 5.74) is 2.43. The second kappa shape index (κ2) is 7.50. The minimum Gasteiger partial charge on any atom is -0.486 e. The number of hydrogen-bond acceptors (Lipinski definition) is 4. The first-order chi connectivity index (χ1) is 13.9. The molecule has 0 aliphatic carbocycles. The lowest BCUT2D eigenvalue weighted by Gasteiger charge is -2.37. The van der Waals surface area contributed by atoms with Crippen molar-refractivity contribution in [3.8, 4) is 5.75 Å². The van der Waals surface area contributed by atoms with Gasteiger partial charge in [0, 0.05) is 25.2 Å². The summed E-state index contributed by atoms with van der Waals surface area (Å²) in [6.07, 6.45) is 4.38. The highest BCUT2D eigenvalue weighted by Gasteiger charge is 2.42. The lowest BCUT2D eigenvalue weighted by Crippen LogP contribution is -2.43. The molecule has 1 spiro atoms. The summed E-state index contributed by atoms with van der Waals surface area (Å²) < 4.78 is 8.16. The molecular weight excluding hydrogens is 366 g/mol. The molecule has 1 aromatic heterocycles. The lowest BCUT2D eigenvalue weighted by atomic mass is 9.84. The Kier molecular flexibility index (Phi) is 5.03. The molecule has 2 aromatic rings. The van der Waals surface area contributed by atoms with E-state index in [1.807, 2.05) is 47.7 Å². The number of hydrogen-bond donors (Lipinski definition) is 0. The summed E-state index contributed by atoms with van der Waals surface area (Å²) in [5.74, 6) is 0.805. The third-order valence-electron chi connectivity index (χ3n) is 6.08. The van der Waals surface area contributed by atoms with Crippen LogP contribution in [0.2, 0.25) is 0 Å². The second-order valence-electron chi connectivity index (χ2n) is 8.04. The molecule has 0 N–H and O–H groups in total. The molecule has 2 aliphatic rings. The average Bonchev–Trinajstić information content (AvgIpc) is 2.85. The molecule has 152 valence electrons. The van der Waals surface area contributed by atoms with E-state index in [-0.39, 0.29) is 11.7 Å². The number of amides is 1. The number of carbonyl (C=O) groups is 2. The van der Waals surface area contributed by atoms with Gasteiger partial charge in [-0.15, -0.1) is 6.58 Å². The first-order valence-electron chi connectivity index (χ1n) is 10.2. The van der Waals surface area contributed by atoms with Crippen LogP contribution in [-0.4, -0.2) is 45.1 Å². The number of likely N-dealkylation sites (tertiary alicyclic amines) is 1. The summed E-state index contributed by atoms with van der Waals surface area (Å²) in [4.78, 5) is 27.9. The number of aryl methyl sites for hydroxylation is 1. The molecule has 0 saturated carbocycles. The van der Waals surface area contributed by atoms with E-state index in [1.165, 1.54) is 0 Å². The van der Waals surface area contributed by atoms with E-state index >= 15 is 0 Å². The van der Waals surface area contributed by atoms with Crippen molar-refractivity contribution in [2.75, 3.05) is 13.1 Å². The maximum absolute atomic E-state index is 13.3. The minimum absolute atomic E-state index is 0.00917. The third-order valence-corrected chi connectivity index (χ3v) is 6.08. The molecular formula is C23H27N3O3. The monoisotopic (exact) mass is 393 g/mol. The maximum atomic E-state index is 13.3. The van der Waals surface area contributed by atoms with Crippen LogP contribution in [0.1, 0.15) is 57.8 Å². The number of ether oxygens (including phenoxy) is 1. The number of benzene rings is 1. The summed E-state index contributed by atoms with van der Waals surface area (Å²) in [5, 5.41) is 4.49. The van der Waals surface area contributed by atoms with Gasteiger partial charge in [0.25, 0.3) is 5.91 Å². The van der Waals surface area contributed by atoms with Crippen LogP contribution in [0.25, 0.3) is 0 Å². The van der Waals surface area contributed by atoms with Crippen molar-refractivity contribution in [3.05, 3.63) is 59.4 Å². The highest BCUT2D eigenvalue weighted by atomic mass is 16.5. The van der Waals surface area contributed by atoms with E-state index in [0.717, 1.165) is 24.2 Å². The van der Waals surface area contributed by atoms with E-state index in [2.05, 4.69) is 11.7 Å². The fourth-order valence-corrected chi connectivity index (χ4v) is 4.56. The Morgan fingerprint density at radius 2 is 2.07 bits per heavy atom. The van der Waals surface area contributed by atoms with Gasteiger partial charge < -0.3 is 9.64 Å². The summed E-state index contributed by atoms with van der Waals surface area (Å²) in [6, 6.07) is 7.44. The smallest absolute Gasteiger partial charge is 0.257 e. The van der Waals surface area contributed by atoms with Crippen LogP contribution in [0.15, 0.2) is 36.9 Å². The molecule has 0 radical (unpaired) electrons. The SMILES string of the molecule is C=CCn1nc(C)c(C(=O)N2CCCC3(CC2)CC(=O)c2ccccc2O3)c1C. The van der Waals surface area contributed by atoms with Crippen molar-refractivity contribution in [1.82, 2.24) is 14.7 Å². The topological polar surface area (TPSA) is 64.4 Å². The molecule has 1 fully saturated rings. The maximum Gasteiger partial charge on any atom is 0.257 e. The Labute approximate surface area is 171 Å². The van der Waals surface area contributed by atoms with Gasteiger partial charge >= 0.3 is 0 Å². The molecule has 2 aliphatic heterocycles. The van der Waals surface area contributed by atoms with E-state index < -0.39 is 5.60 Å². The Bertz CT molecular complexity index is 978. The molecule has 6 heteroatoms. The van der Waals surface area contributed by atoms with Crippen LogP contribution in [0.4, 0.5) is 0 Å². The van der Waals surface area contributed by atoms with Crippen molar-refractivity contribution >= 4 is 11.7 Å². The van der Waals surface area contributed by atoms with Crippen molar-refractivity contribution in [1.29, 1.82) is 0 Å². The minimum atomic E-state index is -0.516. The average molecular weight is 393 g/mol. The molecule has 3 heterocycles. The van der Waals surface area contributed by atoms with Crippen molar-refractivity contribution in [2.45, 2.75) is 51.7 Å². The first kappa shape index (κ1) is 19.4. The highest BCUT2D eigenvalue weighted by molar-refractivity contribution is 6.00. The fraction of sp³-hybridized carbons (Fsp3) is 0.435. The van der Waals surface area contributed by atoms with Gasteiger partial charge in [-0.3, -0.25) is 14.3 Å². The number of nitrogens with zero attached hydrogens (tertiary/aromatic N) is 3. The molecule has 1 aromatic carbocycles.